The van der Waals surface area contributed by atoms with Gasteiger partial charge in [0.1, 0.15) is 0 Å². The third kappa shape index (κ3) is 3.39. The van der Waals surface area contributed by atoms with E-state index < -0.39 is 10.0 Å². The van der Waals surface area contributed by atoms with Crippen molar-refractivity contribution in [2.45, 2.75) is 31.1 Å². The molecule has 0 saturated carbocycles. The van der Waals surface area contributed by atoms with Gasteiger partial charge in [-0.05, 0) is 52.9 Å². The fraction of sp³-hybridized carbons (Fsp3) is 0.235. The molecule has 0 unspecified atom stereocenters. The summed E-state index contributed by atoms with van der Waals surface area (Å²) >= 11 is 5.81. The zero-order valence-corrected chi connectivity index (χ0v) is 15.2. The molecule has 0 radical (unpaired) electrons. The smallest absolute Gasteiger partial charge is 0.261 e. The molecule has 0 spiro atoms. The fourth-order valence-corrected chi connectivity index (χ4v) is 3.63. The second-order valence-electron chi connectivity index (χ2n) is 6.64. The van der Waals surface area contributed by atoms with Crippen molar-refractivity contribution >= 4 is 38.3 Å². The molecule has 3 aromatic rings. The average Bonchev–Trinajstić information content (AvgIpc) is 2.85. The molecule has 0 saturated heterocycles. The minimum Gasteiger partial charge on any atom is -0.329 e. The van der Waals surface area contributed by atoms with Crippen LogP contribution >= 0.6 is 11.6 Å². The van der Waals surface area contributed by atoms with Crippen molar-refractivity contribution in [2.24, 2.45) is 0 Å². The van der Waals surface area contributed by atoms with Crippen LogP contribution < -0.4 is 4.72 Å². The number of aromatic nitrogens is 2. The molecule has 0 aliphatic carbocycles. The highest BCUT2D eigenvalue weighted by atomic mass is 35.5. The second-order valence-corrected chi connectivity index (χ2v) is 8.68. The number of benzene rings is 2. The Kier molecular flexibility index (Phi) is 4.05. The molecule has 0 aliphatic heterocycles. The molecular formula is C17H18ClN3O2S. The largest absolute Gasteiger partial charge is 0.329 e. The molecular weight excluding hydrogens is 346 g/mol. The van der Waals surface area contributed by atoms with Crippen LogP contribution in [0.3, 0.4) is 0 Å². The predicted octanol–water partition coefficient (Wildman–Crippen LogP) is 4.31. The number of hydrogen-bond donors (Lipinski definition) is 2. The van der Waals surface area contributed by atoms with Crippen molar-refractivity contribution < 1.29 is 8.42 Å². The summed E-state index contributed by atoms with van der Waals surface area (Å²) in [5, 5.41) is 0.266. The Labute approximate surface area is 146 Å². The summed E-state index contributed by atoms with van der Waals surface area (Å²) in [5.74, 6) is 0. The molecule has 7 heteroatoms. The first kappa shape index (κ1) is 16.8. The molecule has 5 nitrogen and oxygen atoms in total. The zero-order valence-electron chi connectivity index (χ0n) is 13.6. The van der Waals surface area contributed by atoms with Crippen molar-refractivity contribution in [3.05, 3.63) is 53.3 Å². The van der Waals surface area contributed by atoms with E-state index in [1.165, 1.54) is 0 Å². The van der Waals surface area contributed by atoms with Gasteiger partial charge in [-0.1, -0.05) is 32.9 Å². The van der Waals surface area contributed by atoms with Crippen molar-refractivity contribution in [2.75, 3.05) is 4.72 Å². The summed E-state index contributed by atoms with van der Waals surface area (Å²) in [5.41, 5.74) is 2.85. The van der Waals surface area contributed by atoms with Crippen molar-refractivity contribution in [3.8, 4) is 0 Å². The van der Waals surface area contributed by atoms with Gasteiger partial charge in [0.05, 0.1) is 21.6 Å². The summed E-state index contributed by atoms with van der Waals surface area (Å²) in [6, 6.07) is 11.9. The highest BCUT2D eigenvalue weighted by Crippen LogP contribution is 2.25. The lowest BCUT2D eigenvalue weighted by molar-refractivity contribution is 0.587. The van der Waals surface area contributed by atoms with Crippen molar-refractivity contribution in [3.63, 3.8) is 0 Å². The Balaban J connectivity index is 1.89. The molecule has 1 heterocycles. The number of nitrogens with one attached hydrogen (secondary N) is 2. The van der Waals surface area contributed by atoms with E-state index >= 15 is 0 Å². The molecule has 2 aromatic carbocycles. The van der Waals surface area contributed by atoms with Crippen molar-refractivity contribution in [1.29, 1.82) is 0 Å². The topological polar surface area (TPSA) is 74.8 Å². The minimum atomic E-state index is -3.65. The van der Waals surface area contributed by atoms with Gasteiger partial charge in [-0.3, -0.25) is 4.72 Å². The molecule has 126 valence electrons. The molecule has 3 rings (SSSR count). The molecule has 2 N–H and O–H groups in total. The Morgan fingerprint density at radius 1 is 1.08 bits per heavy atom. The zero-order chi connectivity index (χ0) is 17.5. The van der Waals surface area contributed by atoms with Gasteiger partial charge < -0.3 is 4.98 Å². The van der Waals surface area contributed by atoms with Gasteiger partial charge >= 0.3 is 0 Å². The molecule has 0 atom stereocenters. The van der Waals surface area contributed by atoms with Crippen LogP contribution in [0.1, 0.15) is 26.3 Å². The maximum absolute atomic E-state index is 12.5. The van der Waals surface area contributed by atoms with Gasteiger partial charge in [0.15, 0.2) is 0 Å². The first-order chi connectivity index (χ1) is 11.1. The average molecular weight is 364 g/mol. The quantitative estimate of drug-likeness (QED) is 0.727. The Hall–Kier alpha value is -2.05. The maximum Gasteiger partial charge on any atom is 0.261 e. The van der Waals surface area contributed by atoms with E-state index in [0.29, 0.717) is 16.7 Å². The van der Waals surface area contributed by atoms with E-state index in [1.54, 1.807) is 30.3 Å². The van der Waals surface area contributed by atoms with Gasteiger partial charge in [0.25, 0.3) is 10.0 Å². The van der Waals surface area contributed by atoms with Gasteiger partial charge in [-0.2, -0.15) is 0 Å². The number of rotatable bonds is 3. The number of hydrogen-bond acceptors (Lipinski definition) is 3. The first-order valence-corrected chi connectivity index (χ1v) is 9.30. The summed E-state index contributed by atoms with van der Waals surface area (Å²) < 4.78 is 27.7. The molecule has 24 heavy (non-hydrogen) atoms. The number of sulfonamides is 1. The van der Waals surface area contributed by atoms with Crippen LogP contribution in [0, 0.1) is 0 Å². The van der Waals surface area contributed by atoms with E-state index in [2.05, 4.69) is 35.5 Å². The minimum absolute atomic E-state index is 0.0271. The third-order valence-corrected chi connectivity index (χ3v) is 5.31. The lowest BCUT2D eigenvalue weighted by Gasteiger charge is -2.19. The Morgan fingerprint density at radius 2 is 1.75 bits per heavy atom. The van der Waals surface area contributed by atoms with Crippen LogP contribution in [0.4, 0.5) is 5.69 Å². The normalized spacial score (nSPS) is 12.5. The standard InChI is InChI=1S/C17H18ClN3O2S/c1-17(2,3)11-4-7-13(8-5-11)24(22,23)21-12-6-9-14-15(10-12)20-16(18)19-14/h4-10,21H,1-3H3,(H,19,20). The number of halogens is 1. The van der Waals surface area contributed by atoms with E-state index in [9.17, 15) is 8.42 Å². The number of fused-ring (bicyclic) bond motifs is 1. The van der Waals surface area contributed by atoms with Crippen LogP contribution in [-0.4, -0.2) is 18.4 Å². The Morgan fingerprint density at radius 3 is 2.38 bits per heavy atom. The highest BCUT2D eigenvalue weighted by Gasteiger charge is 2.18. The number of anilines is 1. The van der Waals surface area contributed by atoms with Gasteiger partial charge in [-0.15, -0.1) is 0 Å². The fourth-order valence-electron chi connectivity index (χ4n) is 2.39. The van der Waals surface area contributed by atoms with E-state index in [-0.39, 0.29) is 15.6 Å². The van der Waals surface area contributed by atoms with Crippen molar-refractivity contribution in [1.82, 2.24) is 9.97 Å². The number of aromatic amines is 1. The van der Waals surface area contributed by atoms with E-state index in [1.807, 2.05) is 12.1 Å². The van der Waals surface area contributed by atoms with Crippen LogP contribution in [0.15, 0.2) is 47.4 Å². The summed E-state index contributed by atoms with van der Waals surface area (Å²) in [6.07, 6.45) is 0. The Bertz CT molecular complexity index is 987. The highest BCUT2D eigenvalue weighted by molar-refractivity contribution is 7.92. The van der Waals surface area contributed by atoms with Crippen LogP contribution in [0.2, 0.25) is 5.28 Å². The predicted molar refractivity (Wildman–Crippen MR) is 97.1 cm³/mol. The number of H-pyrrole nitrogens is 1. The van der Waals surface area contributed by atoms with Crippen LogP contribution in [-0.2, 0) is 15.4 Å². The SMILES string of the molecule is CC(C)(C)c1ccc(S(=O)(=O)Nc2ccc3nc(Cl)[nH]c3c2)cc1. The number of imidazole rings is 1. The van der Waals surface area contributed by atoms with Crippen LogP contribution in [0.25, 0.3) is 11.0 Å². The van der Waals surface area contributed by atoms with Crippen LogP contribution in [0.5, 0.6) is 0 Å². The maximum atomic E-state index is 12.5. The summed E-state index contributed by atoms with van der Waals surface area (Å²) in [7, 11) is -3.65. The first-order valence-electron chi connectivity index (χ1n) is 7.44. The monoisotopic (exact) mass is 363 g/mol. The molecule has 0 amide bonds. The summed E-state index contributed by atoms with van der Waals surface area (Å²) in [6.45, 7) is 6.25. The molecule has 1 aromatic heterocycles. The molecule has 0 fully saturated rings. The van der Waals surface area contributed by atoms with E-state index in [4.69, 9.17) is 11.6 Å². The third-order valence-electron chi connectivity index (χ3n) is 3.74. The van der Waals surface area contributed by atoms with Gasteiger partial charge in [0, 0.05) is 0 Å². The molecule has 0 aliphatic rings. The summed E-state index contributed by atoms with van der Waals surface area (Å²) in [4.78, 5) is 7.16. The lowest BCUT2D eigenvalue weighted by atomic mass is 9.87. The van der Waals surface area contributed by atoms with Gasteiger partial charge in [0.2, 0.25) is 5.28 Å². The molecule has 0 bridgehead atoms. The number of nitrogens with zero attached hydrogens (tertiary/aromatic N) is 1. The van der Waals surface area contributed by atoms with E-state index in [0.717, 1.165) is 5.56 Å². The lowest BCUT2D eigenvalue weighted by Crippen LogP contribution is -2.14. The van der Waals surface area contributed by atoms with Gasteiger partial charge in [-0.25, -0.2) is 13.4 Å². The second kappa shape index (κ2) is 5.79.